The number of hydrogen-bond acceptors (Lipinski definition) is 10. The van der Waals surface area contributed by atoms with Crippen LogP contribution in [-0.2, 0) is 25.5 Å². The number of likely N-dealkylation sites (N-methyl/N-ethyl adjacent to an activating group) is 1. The Hall–Kier alpha value is -10.3. The Labute approximate surface area is 633 Å². The Bertz CT molecular complexity index is 4310. The average molecular weight is 1480 g/mol. The summed E-state index contributed by atoms with van der Waals surface area (Å²) in [5, 5.41) is 19.5. The van der Waals surface area contributed by atoms with Gasteiger partial charge in [0.2, 0.25) is 0 Å². The fraction of sp³-hybridized carbons (Fsp3) is 0.280. The van der Waals surface area contributed by atoms with Crippen molar-refractivity contribution in [2.24, 2.45) is 0 Å². The maximum Gasteiger partial charge on any atom is 0.339 e. The summed E-state index contributed by atoms with van der Waals surface area (Å²) in [6, 6.07) is 77.8. The van der Waals surface area contributed by atoms with Gasteiger partial charge in [-0.05, 0) is 251 Å². The highest BCUT2D eigenvalue weighted by molar-refractivity contribution is 9.15. The number of carbonyl (C=O) groups excluding carboxylic acids is 2. The molecule has 0 bridgehead atoms. The van der Waals surface area contributed by atoms with Gasteiger partial charge >= 0.3 is 11.9 Å². The molecule has 0 atom stereocenters. The highest BCUT2D eigenvalue weighted by atomic mass is 79.9. The van der Waals surface area contributed by atoms with Gasteiger partial charge in [-0.3, -0.25) is 4.79 Å². The number of halogens is 1. The van der Waals surface area contributed by atoms with Crippen LogP contribution in [0.5, 0.6) is 28.7 Å². The van der Waals surface area contributed by atoms with Crippen molar-refractivity contribution in [3.63, 3.8) is 0 Å². The molecule has 0 unspecified atom stereocenters. The van der Waals surface area contributed by atoms with Gasteiger partial charge in [-0.25, -0.2) is 9.59 Å². The number of ketones is 1. The summed E-state index contributed by atoms with van der Waals surface area (Å²) < 4.78 is 29.8. The minimum atomic E-state index is -0.916. The number of phenols is 1. The van der Waals surface area contributed by atoms with Crippen LogP contribution in [0.2, 0.25) is 0 Å². The van der Waals surface area contributed by atoms with Gasteiger partial charge in [0.1, 0.15) is 58.8 Å². The van der Waals surface area contributed by atoms with E-state index in [2.05, 4.69) is 98.4 Å². The molecule has 0 saturated heterocycles. The molecule has 11 nitrogen and oxygen atoms in total. The zero-order valence-electron chi connectivity index (χ0n) is 64.0. The molecule has 0 amide bonds. The van der Waals surface area contributed by atoms with Crippen molar-refractivity contribution < 1.29 is 48.3 Å². The number of nitrogens with zero attached hydrogens (tertiary/aromatic N) is 1. The number of Topliss-reactive ketones (excluding diaryl/α,β-unsaturated/α-hetero) is 1. The summed E-state index contributed by atoms with van der Waals surface area (Å²) in [5.74, 6) is 2.17. The van der Waals surface area contributed by atoms with Gasteiger partial charge in [-0.2, -0.15) is 0 Å². The molecule has 9 aromatic carbocycles. The lowest BCUT2D eigenvalue weighted by molar-refractivity contribution is -0.135. The number of aromatic hydroxyl groups is 1. The van der Waals surface area contributed by atoms with E-state index in [1.165, 1.54) is 16.7 Å². The average Bonchev–Trinajstić information content (AvgIpc) is 0.831. The number of esters is 1. The summed E-state index contributed by atoms with van der Waals surface area (Å²) in [7, 11) is 4.02. The van der Waals surface area contributed by atoms with Crippen LogP contribution in [0.3, 0.4) is 0 Å². The van der Waals surface area contributed by atoms with Crippen LogP contribution in [0, 0.1) is 0 Å². The first-order chi connectivity index (χ1) is 50.0. The number of carbonyl (C=O) groups is 3. The van der Waals surface area contributed by atoms with E-state index in [9.17, 15) is 24.6 Å². The van der Waals surface area contributed by atoms with E-state index in [-0.39, 0.29) is 40.9 Å². The highest BCUT2D eigenvalue weighted by Crippen LogP contribution is 2.37. The number of phenolic OH excluding ortho intramolecular Hbond substituents is 1. The van der Waals surface area contributed by atoms with Crippen LogP contribution in [0.4, 0.5) is 0 Å². The summed E-state index contributed by atoms with van der Waals surface area (Å²) in [6.07, 6.45) is 4.93. The Kier molecular flexibility index (Phi) is 32.9. The van der Waals surface area contributed by atoms with Crippen molar-refractivity contribution in [3.8, 4) is 28.7 Å². The largest absolute Gasteiger partial charge is 0.508 e. The van der Waals surface area contributed by atoms with Gasteiger partial charge in [-0.15, -0.1) is 0 Å². The number of rotatable bonds is 26. The number of hydrogen-bond donors (Lipinski definition) is 2. The predicted octanol–water partition coefficient (Wildman–Crippen LogP) is 23.2. The highest BCUT2D eigenvalue weighted by Gasteiger charge is 2.23. The van der Waals surface area contributed by atoms with E-state index in [1.807, 2.05) is 264 Å². The molecule has 9 rings (SSSR count). The summed E-state index contributed by atoms with van der Waals surface area (Å²) in [4.78, 5) is 40.3. The molecule has 0 spiro atoms. The van der Waals surface area contributed by atoms with Crippen LogP contribution >= 0.6 is 15.9 Å². The molecule has 0 aliphatic rings. The van der Waals surface area contributed by atoms with Crippen LogP contribution in [-0.4, -0.2) is 83.5 Å². The first kappa shape index (κ1) is 83.7. The molecule has 105 heavy (non-hydrogen) atoms. The molecule has 12 heteroatoms. The van der Waals surface area contributed by atoms with E-state index < -0.39 is 5.97 Å². The van der Waals surface area contributed by atoms with Gasteiger partial charge < -0.3 is 38.8 Å². The van der Waals surface area contributed by atoms with Crippen molar-refractivity contribution in [3.05, 3.63) is 305 Å². The minimum Gasteiger partial charge on any atom is -0.508 e. The Morgan fingerprint density at radius 1 is 0.419 bits per heavy atom. The van der Waals surface area contributed by atoms with E-state index in [4.69, 9.17) is 23.7 Å². The van der Waals surface area contributed by atoms with Crippen LogP contribution in [0.1, 0.15) is 166 Å². The van der Waals surface area contributed by atoms with Crippen molar-refractivity contribution in [1.82, 2.24) is 4.90 Å². The first-order valence-corrected chi connectivity index (χ1v) is 36.7. The number of aliphatic carboxylic acids is 1. The Balaban J connectivity index is 0.000000222. The second-order valence-corrected chi connectivity index (χ2v) is 28.9. The molecule has 9 aromatic rings. The monoisotopic (exact) mass is 1480 g/mol. The smallest absolute Gasteiger partial charge is 0.339 e. The van der Waals surface area contributed by atoms with Crippen molar-refractivity contribution in [2.75, 3.05) is 33.9 Å². The van der Waals surface area contributed by atoms with E-state index in [0.717, 1.165) is 97.0 Å². The van der Waals surface area contributed by atoms with Crippen LogP contribution in [0.15, 0.2) is 255 Å². The molecule has 0 saturated carbocycles. The topological polar surface area (TPSA) is 141 Å². The normalized spacial score (nSPS) is 12.3. The number of benzene rings is 9. The van der Waals surface area contributed by atoms with Gasteiger partial charge in [-0.1, -0.05) is 222 Å². The fourth-order valence-corrected chi connectivity index (χ4v) is 12.2. The summed E-state index contributed by atoms with van der Waals surface area (Å²) in [6.45, 7) is 31.7. The standard InChI is InChI=1S/C28H31NO3.C24H28O3.C21H24O3.C20H23BrO/c1-4-26(22-8-6-5-7-9-22)28(23-12-14-24(30)15-13-23)27(31)20-21-10-16-25(17-11-21)32-19-18-29(2)3;1-6-17-26-23(25)22(21(7-2)18-11-9-8-10-12-18)19-13-15-20(16-14-19)27-24(3,4)5;1-5-18(15-9-7-6-8-10-15)19(20(22)23)16-11-13-17(14-12-16)24-21(2,3)4;1-5-18(15-9-7-6-8-10-15)19(21)16-11-13-17(14-12-16)22-20(2,3)4/h5-17,30H,4,18-20H2,1-3H3;6,8-16H,1,7,17H2,2-5H3;6-14H,5H2,1-4H3,(H,22,23);6-14H,5H2,1-4H3. The second-order valence-electron chi connectivity index (χ2n) is 28.1. The van der Waals surface area contributed by atoms with Crippen molar-refractivity contribution in [1.29, 1.82) is 0 Å². The Morgan fingerprint density at radius 3 is 1.10 bits per heavy atom. The van der Waals surface area contributed by atoms with Crippen LogP contribution in [0.25, 0.3) is 43.5 Å². The maximum atomic E-state index is 13.5. The molecule has 550 valence electrons. The third-order valence-corrected chi connectivity index (χ3v) is 17.0. The third kappa shape index (κ3) is 27.7. The zero-order valence-corrected chi connectivity index (χ0v) is 65.6. The quantitative estimate of drug-likeness (QED) is 0.0232. The fourth-order valence-electron chi connectivity index (χ4n) is 11.4. The molecule has 0 heterocycles. The summed E-state index contributed by atoms with van der Waals surface area (Å²) in [5.41, 5.74) is 13.6. The summed E-state index contributed by atoms with van der Waals surface area (Å²) >= 11 is 3.77. The van der Waals surface area contributed by atoms with E-state index in [0.29, 0.717) is 48.2 Å². The van der Waals surface area contributed by atoms with E-state index in [1.54, 1.807) is 18.2 Å². The molecule has 0 aliphatic carbocycles. The van der Waals surface area contributed by atoms with Gasteiger partial charge in [0.25, 0.3) is 0 Å². The lowest BCUT2D eigenvalue weighted by Crippen LogP contribution is -2.22. The lowest BCUT2D eigenvalue weighted by Gasteiger charge is -2.21. The number of allylic oxidation sites excluding steroid dienone is 5. The molecule has 0 aromatic heterocycles. The second kappa shape index (κ2) is 41.3. The van der Waals surface area contributed by atoms with Crippen LogP contribution < -0.4 is 18.9 Å². The van der Waals surface area contributed by atoms with Gasteiger partial charge in [0, 0.05) is 23.0 Å². The van der Waals surface area contributed by atoms with Crippen molar-refractivity contribution in [2.45, 2.75) is 139 Å². The molecule has 0 radical (unpaired) electrons. The SMILES string of the molecule is C=CCOC(=O)C(=C(CC)c1ccccc1)c1ccc(OC(C)(C)C)cc1.CCC(=C(Br)c1ccc(OC(C)(C)C)cc1)c1ccccc1.CCC(=C(C(=O)Cc1ccc(OCCN(C)C)cc1)c1ccc(O)cc1)c1ccccc1.CCC(=C(C(=O)O)c1ccc(OC(C)(C)C)cc1)c1ccccc1. The lowest BCUT2D eigenvalue weighted by atomic mass is 9.88. The minimum absolute atomic E-state index is 0.0534. The van der Waals surface area contributed by atoms with Gasteiger partial charge in [0.15, 0.2) is 5.78 Å². The molecular formula is C93H106BrNO10. The molecule has 0 fully saturated rings. The van der Waals surface area contributed by atoms with Crippen molar-refractivity contribution >= 4 is 77.1 Å². The molecule has 2 N–H and O–H groups in total. The van der Waals surface area contributed by atoms with Gasteiger partial charge in [0.05, 0.1) is 11.1 Å². The first-order valence-electron chi connectivity index (χ1n) is 35.9. The maximum absolute atomic E-state index is 13.5. The number of ether oxygens (including phenoxy) is 5. The third-order valence-electron chi connectivity index (χ3n) is 16.0. The molecular weight excluding hydrogens is 1370 g/mol. The zero-order chi connectivity index (χ0) is 76.7. The molecule has 0 aliphatic heterocycles. The number of carboxylic acid groups (broad SMARTS) is 1. The Morgan fingerprint density at radius 2 is 0.743 bits per heavy atom. The number of carboxylic acids is 1. The van der Waals surface area contributed by atoms with E-state index >= 15 is 0 Å². The predicted molar refractivity (Wildman–Crippen MR) is 440 cm³/mol.